The molecule has 0 aliphatic carbocycles. The van der Waals surface area contributed by atoms with Crippen LogP contribution in [0.5, 0.6) is 0 Å². The number of fused-ring (bicyclic) bond motifs is 1. The number of hydrogen-bond acceptors (Lipinski definition) is 6. The van der Waals surface area contributed by atoms with Crippen molar-refractivity contribution in [3.05, 3.63) is 25.3 Å². The summed E-state index contributed by atoms with van der Waals surface area (Å²) in [4.78, 5) is 43.7. The predicted molar refractivity (Wildman–Crippen MR) is 118 cm³/mol. The van der Waals surface area contributed by atoms with Crippen LogP contribution in [-0.4, -0.2) is 82.8 Å². The number of hydrogen-bond donors (Lipinski definition) is 1. The molecule has 178 valence electrons. The van der Waals surface area contributed by atoms with Crippen LogP contribution in [0.1, 0.15) is 46.0 Å². The summed E-state index contributed by atoms with van der Waals surface area (Å²) in [5.74, 6) is -2.27. The Kier molecular flexibility index (Phi) is 7.77. The Morgan fingerprint density at radius 1 is 1.34 bits per heavy atom. The molecule has 8 heteroatoms. The smallest absolute Gasteiger partial charge is 0.312 e. The van der Waals surface area contributed by atoms with Crippen molar-refractivity contribution in [2.75, 3.05) is 26.3 Å². The van der Waals surface area contributed by atoms with Crippen LogP contribution < -0.4 is 0 Å². The fourth-order valence-corrected chi connectivity index (χ4v) is 5.53. The zero-order valence-electron chi connectivity index (χ0n) is 19.2. The van der Waals surface area contributed by atoms with Gasteiger partial charge in [-0.2, -0.15) is 0 Å². The standard InChI is InChI=1S/C24H36N2O6/c1-5-7-15-31-23(30)18-17-10-11-24(32-17)19(18)21(28)26(13-8-9-14-27)20(24)22(29)25(12-6-2)16(3)4/h5-6,16-20,27H,1-2,7-15H2,3-4H3/t17-,18+,19+,20?,24?/m1/s1. The molecule has 3 heterocycles. The highest BCUT2D eigenvalue weighted by Crippen LogP contribution is 2.58. The quantitative estimate of drug-likeness (QED) is 0.277. The highest BCUT2D eigenvalue weighted by molar-refractivity contribution is 5.98. The molecular weight excluding hydrogens is 412 g/mol. The number of amides is 2. The van der Waals surface area contributed by atoms with Crippen LogP contribution in [-0.2, 0) is 23.9 Å². The summed E-state index contributed by atoms with van der Waals surface area (Å²) in [6.45, 7) is 12.2. The number of carbonyl (C=O) groups is 3. The average Bonchev–Trinajstić information content (AvgIpc) is 3.39. The van der Waals surface area contributed by atoms with Crippen molar-refractivity contribution in [3.63, 3.8) is 0 Å². The molecule has 0 radical (unpaired) electrons. The normalized spacial score (nSPS) is 30.5. The summed E-state index contributed by atoms with van der Waals surface area (Å²) >= 11 is 0. The van der Waals surface area contributed by atoms with E-state index in [2.05, 4.69) is 13.2 Å². The van der Waals surface area contributed by atoms with Gasteiger partial charge in [-0.25, -0.2) is 0 Å². The number of nitrogens with zero attached hydrogens (tertiary/aromatic N) is 2. The van der Waals surface area contributed by atoms with Gasteiger partial charge in [0.1, 0.15) is 11.6 Å². The molecule has 3 aliphatic rings. The summed E-state index contributed by atoms with van der Waals surface area (Å²) in [7, 11) is 0. The third-order valence-electron chi connectivity index (χ3n) is 6.91. The lowest BCUT2D eigenvalue weighted by molar-refractivity contribution is -0.155. The van der Waals surface area contributed by atoms with E-state index in [0.29, 0.717) is 45.2 Å². The van der Waals surface area contributed by atoms with Crippen molar-refractivity contribution in [1.82, 2.24) is 9.80 Å². The third kappa shape index (κ3) is 4.10. The third-order valence-corrected chi connectivity index (χ3v) is 6.91. The maximum absolute atomic E-state index is 13.8. The fourth-order valence-electron chi connectivity index (χ4n) is 5.53. The van der Waals surface area contributed by atoms with Crippen LogP contribution in [0.2, 0.25) is 0 Å². The number of aliphatic hydroxyl groups is 1. The van der Waals surface area contributed by atoms with E-state index in [9.17, 15) is 19.5 Å². The molecule has 2 bridgehead atoms. The number of carbonyl (C=O) groups excluding carboxylic acids is 3. The Bertz CT molecular complexity index is 753. The number of aliphatic hydroxyl groups excluding tert-OH is 1. The monoisotopic (exact) mass is 448 g/mol. The molecular formula is C24H36N2O6. The van der Waals surface area contributed by atoms with Gasteiger partial charge in [-0.3, -0.25) is 14.4 Å². The first-order valence-electron chi connectivity index (χ1n) is 11.6. The maximum Gasteiger partial charge on any atom is 0.312 e. The molecule has 1 spiro atoms. The minimum atomic E-state index is -1.02. The molecule has 0 saturated carbocycles. The highest BCUT2D eigenvalue weighted by Gasteiger charge is 2.75. The molecule has 3 saturated heterocycles. The molecule has 32 heavy (non-hydrogen) atoms. The summed E-state index contributed by atoms with van der Waals surface area (Å²) in [6, 6.07) is -0.874. The van der Waals surface area contributed by atoms with Gasteiger partial charge >= 0.3 is 5.97 Å². The molecule has 8 nitrogen and oxygen atoms in total. The second kappa shape index (κ2) is 10.2. The Labute approximate surface area is 190 Å². The maximum atomic E-state index is 13.8. The van der Waals surface area contributed by atoms with E-state index in [1.807, 2.05) is 13.8 Å². The Morgan fingerprint density at radius 2 is 2.09 bits per heavy atom. The first-order chi connectivity index (χ1) is 15.3. The van der Waals surface area contributed by atoms with Gasteiger partial charge in [0, 0.05) is 25.7 Å². The van der Waals surface area contributed by atoms with Gasteiger partial charge in [0.05, 0.1) is 24.5 Å². The summed E-state index contributed by atoms with van der Waals surface area (Å²) in [6.07, 6.45) is 5.72. The lowest BCUT2D eigenvalue weighted by Crippen LogP contribution is -2.57. The van der Waals surface area contributed by atoms with E-state index >= 15 is 0 Å². The van der Waals surface area contributed by atoms with Crippen molar-refractivity contribution in [3.8, 4) is 0 Å². The van der Waals surface area contributed by atoms with E-state index in [-0.39, 0.29) is 31.1 Å². The summed E-state index contributed by atoms with van der Waals surface area (Å²) < 4.78 is 11.8. The molecule has 0 aromatic carbocycles. The number of esters is 1. The Hall–Kier alpha value is -2.19. The molecule has 3 aliphatic heterocycles. The van der Waals surface area contributed by atoms with Gasteiger partial charge in [-0.1, -0.05) is 12.2 Å². The minimum Gasteiger partial charge on any atom is -0.465 e. The lowest BCUT2D eigenvalue weighted by Gasteiger charge is -2.38. The molecule has 0 aromatic heterocycles. The topological polar surface area (TPSA) is 96.4 Å². The van der Waals surface area contributed by atoms with Crippen molar-refractivity contribution in [2.45, 2.75) is 69.7 Å². The van der Waals surface area contributed by atoms with Gasteiger partial charge in [0.15, 0.2) is 0 Å². The molecule has 1 N–H and O–H groups in total. The SMILES string of the molecule is C=CCCOC(=O)[C@@H]1[C@H]2C(=O)N(CCCCO)C(C(=O)N(CC=C)C(C)C)C23CC[C@H]1O3. The first kappa shape index (κ1) is 24.5. The van der Waals surface area contributed by atoms with Crippen molar-refractivity contribution < 1.29 is 29.0 Å². The van der Waals surface area contributed by atoms with Crippen LogP contribution in [0, 0.1) is 11.8 Å². The van der Waals surface area contributed by atoms with E-state index in [1.165, 1.54) is 0 Å². The summed E-state index contributed by atoms with van der Waals surface area (Å²) in [5.41, 5.74) is -1.02. The predicted octanol–water partition coefficient (Wildman–Crippen LogP) is 1.68. The van der Waals surface area contributed by atoms with Gasteiger partial charge < -0.3 is 24.4 Å². The van der Waals surface area contributed by atoms with Crippen molar-refractivity contribution in [2.24, 2.45) is 11.8 Å². The lowest BCUT2D eigenvalue weighted by atomic mass is 9.70. The molecule has 3 fully saturated rings. The van der Waals surface area contributed by atoms with E-state index in [4.69, 9.17) is 9.47 Å². The second-order valence-corrected chi connectivity index (χ2v) is 9.14. The van der Waals surface area contributed by atoms with Gasteiger partial charge in [0.25, 0.3) is 0 Å². The number of unbranched alkanes of at least 4 members (excludes halogenated alkanes) is 1. The highest BCUT2D eigenvalue weighted by atomic mass is 16.6. The molecule has 2 amide bonds. The van der Waals surface area contributed by atoms with Crippen LogP contribution >= 0.6 is 0 Å². The largest absolute Gasteiger partial charge is 0.465 e. The Balaban J connectivity index is 1.95. The number of likely N-dealkylation sites (tertiary alicyclic amines) is 1. The van der Waals surface area contributed by atoms with E-state index in [1.54, 1.807) is 22.0 Å². The van der Waals surface area contributed by atoms with Crippen LogP contribution in [0.15, 0.2) is 25.3 Å². The minimum absolute atomic E-state index is 0.0145. The van der Waals surface area contributed by atoms with E-state index in [0.717, 1.165) is 0 Å². The number of rotatable bonds is 12. The van der Waals surface area contributed by atoms with Crippen molar-refractivity contribution in [1.29, 1.82) is 0 Å². The Morgan fingerprint density at radius 3 is 2.72 bits per heavy atom. The van der Waals surface area contributed by atoms with Gasteiger partial charge in [-0.15, -0.1) is 13.2 Å². The van der Waals surface area contributed by atoms with Gasteiger partial charge in [-0.05, 0) is 46.0 Å². The van der Waals surface area contributed by atoms with Crippen LogP contribution in [0.25, 0.3) is 0 Å². The zero-order chi connectivity index (χ0) is 23.5. The van der Waals surface area contributed by atoms with Gasteiger partial charge in [0.2, 0.25) is 11.8 Å². The average molecular weight is 449 g/mol. The second-order valence-electron chi connectivity index (χ2n) is 9.14. The number of ether oxygens (including phenoxy) is 2. The van der Waals surface area contributed by atoms with Crippen LogP contribution in [0.3, 0.4) is 0 Å². The summed E-state index contributed by atoms with van der Waals surface area (Å²) in [5, 5.41) is 9.21. The molecule has 3 rings (SSSR count). The van der Waals surface area contributed by atoms with E-state index < -0.39 is 35.6 Å². The first-order valence-corrected chi connectivity index (χ1v) is 11.6. The molecule has 2 unspecified atom stereocenters. The zero-order valence-corrected chi connectivity index (χ0v) is 19.2. The fraction of sp³-hybridized carbons (Fsp3) is 0.708. The molecule has 5 atom stereocenters. The van der Waals surface area contributed by atoms with Crippen molar-refractivity contribution >= 4 is 17.8 Å². The molecule has 0 aromatic rings. The van der Waals surface area contributed by atoms with Crippen LogP contribution in [0.4, 0.5) is 0 Å².